The van der Waals surface area contributed by atoms with Crippen molar-refractivity contribution in [3.63, 3.8) is 0 Å². The van der Waals surface area contributed by atoms with E-state index in [9.17, 15) is 4.79 Å². The van der Waals surface area contributed by atoms with Crippen molar-refractivity contribution in [2.24, 2.45) is 7.05 Å². The van der Waals surface area contributed by atoms with Gasteiger partial charge in [-0.1, -0.05) is 12.1 Å². The number of ether oxygens (including phenoxy) is 1. The summed E-state index contributed by atoms with van der Waals surface area (Å²) in [5.41, 5.74) is 5.20. The maximum absolute atomic E-state index is 12.9. The molecular weight excluding hydrogens is 420 g/mol. The van der Waals surface area contributed by atoms with Gasteiger partial charge in [-0.25, -0.2) is 9.50 Å². The fourth-order valence-electron chi connectivity index (χ4n) is 3.63. The van der Waals surface area contributed by atoms with Gasteiger partial charge in [0.05, 0.1) is 37.4 Å². The average Bonchev–Trinajstić information content (AvgIpc) is 3.53. The number of nitrogens with zero attached hydrogens (tertiary/aromatic N) is 7. The summed E-state index contributed by atoms with van der Waals surface area (Å²) in [7, 11) is 3.52. The van der Waals surface area contributed by atoms with Gasteiger partial charge in [0.1, 0.15) is 5.75 Å². The minimum atomic E-state index is -0.338. The normalized spacial score (nSPS) is 11.1. The summed E-state index contributed by atoms with van der Waals surface area (Å²) < 4.78 is 10.5. The Balaban J connectivity index is 1.36. The molecule has 0 saturated heterocycles. The number of rotatable bonds is 6. The number of fused-ring (bicyclic) bond motifs is 1. The Morgan fingerprint density at radius 2 is 2.03 bits per heavy atom. The minimum Gasteiger partial charge on any atom is -0.497 e. The molecule has 0 aliphatic carbocycles. The van der Waals surface area contributed by atoms with Crippen molar-refractivity contribution in [2.45, 2.75) is 13.5 Å². The molecule has 5 rings (SSSR count). The number of benzene rings is 1. The second-order valence-electron chi connectivity index (χ2n) is 7.63. The van der Waals surface area contributed by atoms with Crippen molar-refractivity contribution >= 4 is 17.2 Å². The number of hydrogen-bond acceptors (Lipinski definition) is 6. The first-order chi connectivity index (χ1) is 16.0. The molecule has 33 heavy (non-hydrogen) atoms. The lowest BCUT2D eigenvalue weighted by molar-refractivity contribution is 0.102. The van der Waals surface area contributed by atoms with Crippen LogP contribution in [0.5, 0.6) is 5.75 Å². The maximum atomic E-state index is 12.9. The molecule has 0 atom stereocenters. The molecular formula is C23H22N8O2. The van der Waals surface area contributed by atoms with Crippen LogP contribution in [-0.4, -0.2) is 47.2 Å². The summed E-state index contributed by atoms with van der Waals surface area (Å²) in [4.78, 5) is 17.2. The van der Waals surface area contributed by atoms with Crippen LogP contribution < -0.4 is 10.1 Å². The molecule has 0 spiro atoms. The van der Waals surface area contributed by atoms with Crippen LogP contribution in [0.15, 0.2) is 61.2 Å². The van der Waals surface area contributed by atoms with Crippen LogP contribution in [0.3, 0.4) is 0 Å². The van der Waals surface area contributed by atoms with Crippen molar-refractivity contribution in [1.82, 2.24) is 34.2 Å². The van der Waals surface area contributed by atoms with Crippen LogP contribution in [0.1, 0.15) is 21.7 Å². The summed E-state index contributed by atoms with van der Waals surface area (Å²) in [5.74, 6) is 0.449. The molecule has 166 valence electrons. The molecule has 10 heteroatoms. The van der Waals surface area contributed by atoms with Crippen LogP contribution in [0.4, 0.5) is 5.69 Å². The molecule has 0 fully saturated rings. The second-order valence-corrected chi connectivity index (χ2v) is 7.63. The Bertz CT molecular complexity index is 1460. The van der Waals surface area contributed by atoms with Gasteiger partial charge in [0, 0.05) is 36.8 Å². The van der Waals surface area contributed by atoms with Crippen molar-refractivity contribution in [2.75, 3.05) is 12.4 Å². The largest absolute Gasteiger partial charge is 0.497 e. The summed E-state index contributed by atoms with van der Waals surface area (Å²) >= 11 is 0. The van der Waals surface area contributed by atoms with Gasteiger partial charge >= 0.3 is 0 Å². The van der Waals surface area contributed by atoms with Crippen LogP contribution in [0.2, 0.25) is 0 Å². The third kappa shape index (κ3) is 3.93. The van der Waals surface area contributed by atoms with E-state index in [1.165, 1.54) is 0 Å². The van der Waals surface area contributed by atoms with Crippen LogP contribution >= 0.6 is 0 Å². The number of aromatic nitrogens is 7. The fourth-order valence-corrected chi connectivity index (χ4v) is 3.63. The Morgan fingerprint density at radius 3 is 2.82 bits per heavy atom. The smallest absolute Gasteiger partial charge is 0.276 e. The molecule has 0 aliphatic rings. The molecule has 0 radical (unpaired) electrons. The number of methoxy groups -OCH3 is 1. The van der Waals surface area contributed by atoms with Gasteiger partial charge in [0.15, 0.2) is 11.3 Å². The average molecular weight is 442 g/mol. The van der Waals surface area contributed by atoms with Gasteiger partial charge in [-0.05, 0) is 30.7 Å². The first kappa shape index (κ1) is 20.4. The van der Waals surface area contributed by atoms with Gasteiger partial charge in [-0.15, -0.1) is 0 Å². The molecule has 4 aromatic heterocycles. The van der Waals surface area contributed by atoms with E-state index < -0.39 is 0 Å². The summed E-state index contributed by atoms with van der Waals surface area (Å²) in [6.07, 6.45) is 6.86. The molecule has 5 aromatic rings. The van der Waals surface area contributed by atoms with Crippen molar-refractivity contribution in [3.05, 3.63) is 78.1 Å². The van der Waals surface area contributed by atoms with Gasteiger partial charge in [0.2, 0.25) is 0 Å². The standard InChI is InChI=1S/C23H22N8O2/c1-15-19(12-25-29(15)2)21-7-8-24-22-10-20(28-31(21)22)23(32)27-17-11-26-30(14-17)13-16-5-4-6-18(9-16)33-3/h4-12,14H,13H2,1-3H3,(H,27,32). The molecule has 4 heterocycles. The van der Waals surface area contributed by atoms with Crippen LogP contribution in [-0.2, 0) is 13.6 Å². The second kappa shape index (κ2) is 8.23. The monoisotopic (exact) mass is 442 g/mol. The summed E-state index contributed by atoms with van der Waals surface area (Å²) in [6.45, 7) is 2.54. The molecule has 0 unspecified atom stereocenters. The molecule has 0 aliphatic heterocycles. The number of nitrogens with one attached hydrogen (secondary N) is 1. The Morgan fingerprint density at radius 1 is 1.15 bits per heavy atom. The lowest BCUT2D eigenvalue weighted by atomic mass is 10.2. The van der Waals surface area contributed by atoms with Gasteiger partial charge in [-0.2, -0.15) is 15.3 Å². The zero-order valence-electron chi connectivity index (χ0n) is 18.4. The van der Waals surface area contributed by atoms with E-state index in [0.717, 1.165) is 28.3 Å². The number of carbonyl (C=O) groups excluding carboxylic acids is 1. The first-order valence-corrected chi connectivity index (χ1v) is 10.3. The summed E-state index contributed by atoms with van der Waals surface area (Å²) in [6, 6.07) is 11.3. The van der Waals surface area contributed by atoms with E-state index in [0.29, 0.717) is 17.9 Å². The maximum Gasteiger partial charge on any atom is 0.276 e. The molecule has 1 N–H and O–H groups in total. The van der Waals surface area contributed by atoms with Gasteiger partial charge in [0.25, 0.3) is 5.91 Å². The minimum absolute atomic E-state index is 0.261. The highest BCUT2D eigenvalue weighted by molar-refractivity contribution is 6.03. The molecule has 0 saturated carbocycles. The van der Waals surface area contributed by atoms with Crippen molar-refractivity contribution < 1.29 is 9.53 Å². The zero-order valence-corrected chi connectivity index (χ0v) is 18.4. The molecule has 1 aromatic carbocycles. The number of hydrogen-bond donors (Lipinski definition) is 1. The van der Waals surface area contributed by atoms with Crippen molar-refractivity contribution in [3.8, 4) is 17.0 Å². The third-order valence-corrected chi connectivity index (χ3v) is 5.47. The quantitative estimate of drug-likeness (QED) is 0.434. The lowest BCUT2D eigenvalue weighted by Crippen LogP contribution is -2.12. The highest BCUT2D eigenvalue weighted by atomic mass is 16.5. The van der Waals surface area contributed by atoms with E-state index in [4.69, 9.17) is 4.74 Å². The SMILES string of the molecule is COc1cccc(Cn2cc(NC(=O)c3cc4nccc(-c5cnn(C)c5C)n4n3)cn2)c1. The summed E-state index contributed by atoms with van der Waals surface area (Å²) in [5, 5.41) is 16.0. The van der Waals surface area contributed by atoms with E-state index in [-0.39, 0.29) is 11.6 Å². The topological polar surface area (TPSA) is 104 Å². The number of aryl methyl sites for hydroxylation is 1. The number of amides is 1. The molecule has 1 amide bonds. The highest BCUT2D eigenvalue weighted by Gasteiger charge is 2.17. The molecule has 10 nitrogen and oxygen atoms in total. The van der Waals surface area contributed by atoms with E-state index in [2.05, 4.69) is 25.6 Å². The van der Waals surface area contributed by atoms with E-state index >= 15 is 0 Å². The Labute approximate surface area is 189 Å². The van der Waals surface area contributed by atoms with E-state index in [1.807, 2.05) is 44.3 Å². The Hall–Kier alpha value is -4.47. The molecule has 0 bridgehead atoms. The predicted molar refractivity (Wildman–Crippen MR) is 122 cm³/mol. The van der Waals surface area contributed by atoms with Crippen molar-refractivity contribution in [1.29, 1.82) is 0 Å². The highest BCUT2D eigenvalue weighted by Crippen LogP contribution is 2.23. The lowest BCUT2D eigenvalue weighted by Gasteiger charge is -2.04. The zero-order chi connectivity index (χ0) is 22.9. The number of carbonyl (C=O) groups is 1. The fraction of sp³-hybridized carbons (Fsp3) is 0.174. The van der Waals surface area contributed by atoms with Crippen LogP contribution in [0, 0.1) is 6.92 Å². The Kier molecular flexibility index (Phi) is 5.09. The third-order valence-electron chi connectivity index (χ3n) is 5.47. The van der Waals surface area contributed by atoms with Crippen LogP contribution in [0.25, 0.3) is 16.9 Å². The number of anilines is 1. The first-order valence-electron chi connectivity index (χ1n) is 10.3. The van der Waals surface area contributed by atoms with Gasteiger partial charge < -0.3 is 10.1 Å². The van der Waals surface area contributed by atoms with Gasteiger partial charge in [-0.3, -0.25) is 14.2 Å². The van der Waals surface area contributed by atoms with E-state index in [1.54, 1.807) is 51.8 Å². The predicted octanol–water partition coefficient (Wildman–Crippen LogP) is 2.94.